The quantitative estimate of drug-likeness (QED) is 0.732. The van der Waals surface area contributed by atoms with E-state index in [1.165, 1.54) is 5.56 Å². The third kappa shape index (κ3) is 2.92. The van der Waals surface area contributed by atoms with Gasteiger partial charge in [-0.25, -0.2) is 9.97 Å². The zero-order valence-corrected chi connectivity index (χ0v) is 14.7. The predicted molar refractivity (Wildman–Crippen MR) is 98.1 cm³/mol. The third-order valence-corrected chi connectivity index (χ3v) is 4.96. The van der Waals surface area contributed by atoms with Crippen molar-refractivity contribution in [2.24, 2.45) is 7.05 Å². The van der Waals surface area contributed by atoms with Gasteiger partial charge in [-0.1, -0.05) is 18.2 Å². The predicted octanol–water partition coefficient (Wildman–Crippen LogP) is 3.15. The fourth-order valence-corrected chi connectivity index (χ4v) is 3.71. The van der Waals surface area contributed by atoms with Crippen molar-refractivity contribution >= 4 is 16.9 Å². The summed E-state index contributed by atoms with van der Waals surface area (Å²) in [5.74, 6) is 2.56. The number of fused-ring (bicyclic) bond motifs is 1. The van der Waals surface area contributed by atoms with E-state index in [1.807, 2.05) is 26.2 Å². The third-order valence-electron chi connectivity index (χ3n) is 4.96. The van der Waals surface area contributed by atoms with Crippen molar-refractivity contribution in [2.45, 2.75) is 25.7 Å². The van der Waals surface area contributed by atoms with Crippen LogP contribution in [0.5, 0.6) is 5.75 Å². The molecule has 0 saturated carbocycles. The first-order valence-electron chi connectivity index (χ1n) is 8.87. The van der Waals surface area contributed by atoms with E-state index in [1.54, 1.807) is 11.0 Å². The SMILES string of the molecule is CCOc1ccccc1C1CCN(c2ncnc3c2cnn3C)CC1. The van der Waals surface area contributed by atoms with Crippen molar-refractivity contribution in [3.63, 3.8) is 0 Å². The number of ether oxygens (including phenoxy) is 1. The number of aryl methyl sites for hydroxylation is 1. The number of para-hydroxylation sites is 1. The lowest BCUT2D eigenvalue weighted by atomic mass is 9.88. The minimum atomic E-state index is 0.533. The highest BCUT2D eigenvalue weighted by Gasteiger charge is 2.25. The van der Waals surface area contributed by atoms with Crippen LogP contribution >= 0.6 is 0 Å². The van der Waals surface area contributed by atoms with Crippen LogP contribution < -0.4 is 9.64 Å². The Hall–Kier alpha value is -2.63. The Morgan fingerprint density at radius 3 is 2.76 bits per heavy atom. The van der Waals surface area contributed by atoms with Crippen LogP contribution in [0.3, 0.4) is 0 Å². The molecule has 1 fully saturated rings. The molecule has 3 heterocycles. The first-order valence-corrected chi connectivity index (χ1v) is 8.87. The fraction of sp³-hybridized carbons (Fsp3) is 0.421. The molecule has 1 aromatic carbocycles. The van der Waals surface area contributed by atoms with E-state index in [0.29, 0.717) is 12.5 Å². The normalized spacial score (nSPS) is 15.7. The lowest BCUT2D eigenvalue weighted by Gasteiger charge is -2.33. The molecule has 25 heavy (non-hydrogen) atoms. The van der Waals surface area contributed by atoms with E-state index in [2.05, 4.69) is 38.2 Å². The van der Waals surface area contributed by atoms with Gasteiger partial charge >= 0.3 is 0 Å². The molecule has 0 radical (unpaired) electrons. The van der Waals surface area contributed by atoms with Gasteiger partial charge in [0.2, 0.25) is 0 Å². The summed E-state index contributed by atoms with van der Waals surface area (Å²) in [4.78, 5) is 11.2. The topological polar surface area (TPSA) is 56.1 Å². The molecule has 0 amide bonds. The molecule has 1 aliphatic heterocycles. The van der Waals surface area contributed by atoms with Crippen molar-refractivity contribution in [2.75, 3.05) is 24.6 Å². The lowest BCUT2D eigenvalue weighted by molar-refractivity contribution is 0.331. The maximum Gasteiger partial charge on any atom is 0.163 e. The number of nitrogens with zero attached hydrogens (tertiary/aromatic N) is 5. The van der Waals surface area contributed by atoms with E-state index in [-0.39, 0.29) is 0 Å². The molecule has 0 atom stereocenters. The maximum atomic E-state index is 5.82. The van der Waals surface area contributed by atoms with Crippen molar-refractivity contribution in [3.05, 3.63) is 42.4 Å². The van der Waals surface area contributed by atoms with Gasteiger partial charge in [0.15, 0.2) is 5.65 Å². The van der Waals surface area contributed by atoms with E-state index in [4.69, 9.17) is 4.74 Å². The van der Waals surface area contributed by atoms with Crippen LogP contribution in [0.25, 0.3) is 11.0 Å². The summed E-state index contributed by atoms with van der Waals surface area (Å²) in [6, 6.07) is 8.43. The highest BCUT2D eigenvalue weighted by Crippen LogP contribution is 2.36. The van der Waals surface area contributed by atoms with Gasteiger partial charge < -0.3 is 9.64 Å². The molecule has 3 aromatic rings. The second-order valence-electron chi connectivity index (χ2n) is 6.43. The van der Waals surface area contributed by atoms with Gasteiger partial charge in [-0.05, 0) is 37.3 Å². The maximum absolute atomic E-state index is 5.82. The smallest absolute Gasteiger partial charge is 0.163 e. The molecule has 1 saturated heterocycles. The Kier molecular flexibility index (Phi) is 4.26. The Bertz CT molecular complexity index is 867. The van der Waals surface area contributed by atoms with Crippen LogP contribution in [0.1, 0.15) is 31.2 Å². The Balaban J connectivity index is 1.54. The largest absolute Gasteiger partial charge is 0.494 e. The first kappa shape index (κ1) is 15.9. The molecule has 0 aliphatic carbocycles. The number of hydrogen-bond donors (Lipinski definition) is 0. The van der Waals surface area contributed by atoms with Crippen LogP contribution in [0.4, 0.5) is 5.82 Å². The Morgan fingerprint density at radius 2 is 1.96 bits per heavy atom. The zero-order valence-electron chi connectivity index (χ0n) is 14.7. The van der Waals surface area contributed by atoms with Crippen LogP contribution in [-0.2, 0) is 7.05 Å². The average Bonchev–Trinajstić information content (AvgIpc) is 3.04. The molecular formula is C19H23N5O. The Labute approximate surface area is 147 Å². The number of anilines is 1. The molecule has 1 aliphatic rings. The number of benzene rings is 1. The molecule has 4 rings (SSSR count). The standard InChI is InChI=1S/C19H23N5O/c1-3-25-17-7-5-4-6-15(17)14-8-10-24(11-9-14)19-16-12-22-23(2)18(16)20-13-21-19/h4-7,12-14H,3,8-11H2,1-2H3. The number of rotatable bonds is 4. The second kappa shape index (κ2) is 6.70. The van der Waals surface area contributed by atoms with E-state index >= 15 is 0 Å². The fourth-order valence-electron chi connectivity index (χ4n) is 3.71. The summed E-state index contributed by atoms with van der Waals surface area (Å²) in [6.45, 7) is 4.70. The summed E-state index contributed by atoms with van der Waals surface area (Å²) in [5.41, 5.74) is 2.21. The van der Waals surface area contributed by atoms with Crippen LogP contribution in [-0.4, -0.2) is 39.4 Å². The molecule has 0 unspecified atom stereocenters. The summed E-state index contributed by atoms with van der Waals surface area (Å²) < 4.78 is 7.61. The molecular weight excluding hydrogens is 314 g/mol. The zero-order chi connectivity index (χ0) is 17.2. The van der Waals surface area contributed by atoms with Gasteiger partial charge in [0.1, 0.15) is 17.9 Å². The van der Waals surface area contributed by atoms with E-state index in [9.17, 15) is 0 Å². The van der Waals surface area contributed by atoms with Gasteiger partial charge in [-0.3, -0.25) is 4.68 Å². The molecule has 130 valence electrons. The lowest BCUT2D eigenvalue weighted by Crippen LogP contribution is -2.33. The molecule has 0 spiro atoms. The summed E-state index contributed by atoms with van der Waals surface area (Å²) in [6.07, 6.45) is 5.68. The minimum Gasteiger partial charge on any atom is -0.494 e. The second-order valence-corrected chi connectivity index (χ2v) is 6.43. The van der Waals surface area contributed by atoms with Crippen molar-refractivity contribution in [1.29, 1.82) is 0 Å². The molecule has 6 heteroatoms. The number of aromatic nitrogens is 4. The highest BCUT2D eigenvalue weighted by atomic mass is 16.5. The minimum absolute atomic E-state index is 0.533. The van der Waals surface area contributed by atoms with Crippen molar-refractivity contribution in [3.8, 4) is 5.75 Å². The summed E-state index contributed by atoms with van der Waals surface area (Å²) in [7, 11) is 1.91. The molecule has 0 N–H and O–H groups in total. The number of piperidine rings is 1. The first-order chi connectivity index (χ1) is 12.3. The van der Waals surface area contributed by atoms with Gasteiger partial charge in [0.05, 0.1) is 18.2 Å². The van der Waals surface area contributed by atoms with E-state index < -0.39 is 0 Å². The monoisotopic (exact) mass is 337 g/mol. The molecule has 6 nitrogen and oxygen atoms in total. The summed E-state index contributed by atoms with van der Waals surface area (Å²) >= 11 is 0. The van der Waals surface area contributed by atoms with Gasteiger partial charge in [-0.2, -0.15) is 5.10 Å². The van der Waals surface area contributed by atoms with Crippen LogP contribution in [0.2, 0.25) is 0 Å². The summed E-state index contributed by atoms with van der Waals surface area (Å²) in [5, 5.41) is 5.34. The van der Waals surface area contributed by atoms with Gasteiger partial charge in [-0.15, -0.1) is 0 Å². The average molecular weight is 337 g/mol. The van der Waals surface area contributed by atoms with Gasteiger partial charge in [0.25, 0.3) is 0 Å². The van der Waals surface area contributed by atoms with Crippen molar-refractivity contribution < 1.29 is 4.74 Å². The Morgan fingerprint density at radius 1 is 1.16 bits per heavy atom. The molecule has 2 aromatic heterocycles. The number of hydrogen-bond acceptors (Lipinski definition) is 5. The van der Waals surface area contributed by atoms with Gasteiger partial charge in [0, 0.05) is 20.1 Å². The van der Waals surface area contributed by atoms with Crippen LogP contribution in [0.15, 0.2) is 36.8 Å². The van der Waals surface area contributed by atoms with Crippen LogP contribution in [0, 0.1) is 0 Å². The highest BCUT2D eigenvalue weighted by molar-refractivity contribution is 5.86. The van der Waals surface area contributed by atoms with E-state index in [0.717, 1.165) is 48.5 Å². The van der Waals surface area contributed by atoms with Crippen molar-refractivity contribution in [1.82, 2.24) is 19.7 Å². The molecule has 0 bridgehead atoms.